The molecule has 1 aromatic rings. The number of aliphatic hydroxyl groups is 1. The fourth-order valence-corrected chi connectivity index (χ4v) is 1.98. The predicted molar refractivity (Wildman–Crippen MR) is 72.4 cm³/mol. The number of benzene rings is 1. The molecule has 1 amide bonds. The first-order valence-electron chi connectivity index (χ1n) is 5.46. The predicted octanol–water partition coefficient (Wildman–Crippen LogP) is 2.99. The van der Waals surface area contributed by atoms with Gasteiger partial charge >= 0.3 is 0 Å². The maximum absolute atomic E-state index is 11.8. The summed E-state index contributed by atoms with van der Waals surface area (Å²) in [5.74, 6) is -0.272. The lowest BCUT2D eigenvalue weighted by Gasteiger charge is -2.11. The van der Waals surface area contributed by atoms with Gasteiger partial charge in [0.15, 0.2) is 0 Å². The van der Waals surface area contributed by atoms with Crippen LogP contribution >= 0.6 is 27.5 Å². The molecule has 3 nitrogen and oxygen atoms in total. The Morgan fingerprint density at radius 3 is 2.94 bits per heavy atom. The summed E-state index contributed by atoms with van der Waals surface area (Å²) >= 11 is 9.20. The Labute approximate surface area is 114 Å². The monoisotopic (exact) mass is 319 g/mol. The highest BCUT2D eigenvalue weighted by molar-refractivity contribution is 9.10. The van der Waals surface area contributed by atoms with Crippen LogP contribution in [0, 0.1) is 0 Å². The van der Waals surface area contributed by atoms with Crippen molar-refractivity contribution in [2.75, 3.05) is 6.54 Å². The van der Waals surface area contributed by atoms with Crippen LogP contribution in [0.3, 0.4) is 0 Å². The molecule has 0 spiro atoms. The molecule has 1 atom stereocenters. The minimum absolute atomic E-state index is 0.246. The molecule has 0 aromatic heterocycles. The van der Waals surface area contributed by atoms with Crippen LogP contribution in [-0.2, 0) is 0 Å². The molecule has 17 heavy (non-hydrogen) atoms. The summed E-state index contributed by atoms with van der Waals surface area (Å²) in [7, 11) is 0. The molecule has 0 bridgehead atoms. The van der Waals surface area contributed by atoms with Crippen molar-refractivity contribution in [3.8, 4) is 0 Å². The molecule has 0 aliphatic heterocycles. The quantitative estimate of drug-likeness (QED) is 0.876. The molecule has 0 aliphatic carbocycles. The Morgan fingerprint density at radius 2 is 2.29 bits per heavy atom. The highest BCUT2D eigenvalue weighted by Crippen LogP contribution is 2.20. The molecule has 0 heterocycles. The molecule has 0 saturated carbocycles. The van der Waals surface area contributed by atoms with Crippen LogP contribution in [0.5, 0.6) is 0 Å². The van der Waals surface area contributed by atoms with Gasteiger partial charge in [-0.1, -0.05) is 40.9 Å². The van der Waals surface area contributed by atoms with Crippen LogP contribution < -0.4 is 5.32 Å². The standard InChI is InChI=1S/C12H15BrClNO2/c1-2-3-9(16)7-15-12(17)10-6-8(13)4-5-11(10)14/h4-6,9,16H,2-3,7H2,1H3,(H,15,17). The van der Waals surface area contributed by atoms with Gasteiger partial charge in [0.2, 0.25) is 0 Å². The minimum Gasteiger partial charge on any atom is -0.391 e. The zero-order chi connectivity index (χ0) is 12.8. The van der Waals surface area contributed by atoms with Crippen molar-refractivity contribution >= 4 is 33.4 Å². The van der Waals surface area contributed by atoms with Crippen LogP contribution in [0.1, 0.15) is 30.1 Å². The van der Waals surface area contributed by atoms with Crippen LogP contribution in [0.2, 0.25) is 5.02 Å². The Kier molecular flexibility index (Phi) is 5.95. The van der Waals surface area contributed by atoms with Gasteiger partial charge in [-0.2, -0.15) is 0 Å². The highest BCUT2D eigenvalue weighted by Gasteiger charge is 2.12. The summed E-state index contributed by atoms with van der Waals surface area (Å²) in [6, 6.07) is 5.08. The molecule has 1 unspecified atom stereocenters. The van der Waals surface area contributed by atoms with Gasteiger partial charge in [0, 0.05) is 11.0 Å². The molecule has 0 radical (unpaired) electrons. The number of carbonyl (C=O) groups is 1. The largest absolute Gasteiger partial charge is 0.391 e. The SMILES string of the molecule is CCCC(O)CNC(=O)c1cc(Br)ccc1Cl. The number of nitrogens with one attached hydrogen (secondary N) is 1. The van der Waals surface area contributed by atoms with Crippen LogP contribution in [0.25, 0.3) is 0 Å². The Hall–Kier alpha value is -0.580. The highest BCUT2D eigenvalue weighted by atomic mass is 79.9. The lowest BCUT2D eigenvalue weighted by Crippen LogP contribution is -2.32. The van der Waals surface area contributed by atoms with E-state index in [2.05, 4.69) is 21.2 Å². The summed E-state index contributed by atoms with van der Waals surface area (Å²) in [5, 5.41) is 12.6. The fourth-order valence-electron chi connectivity index (χ4n) is 1.41. The van der Waals surface area contributed by atoms with E-state index in [0.717, 1.165) is 10.9 Å². The molecule has 2 N–H and O–H groups in total. The number of amides is 1. The molecule has 5 heteroatoms. The van der Waals surface area contributed by atoms with Crippen LogP contribution in [-0.4, -0.2) is 23.7 Å². The molecule has 1 rings (SSSR count). The Balaban J connectivity index is 2.61. The number of rotatable bonds is 5. The van der Waals surface area contributed by atoms with Crippen molar-refractivity contribution in [1.82, 2.24) is 5.32 Å². The maximum atomic E-state index is 11.8. The van der Waals surface area contributed by atoms with E-state index >= 15 is 0 Å². The Bertz CT molecular complexity index is 398. The van der Waals surface area contributed by atoms with E-state index in [4.69, 9.17) is 11.6 Å². The van der Waals surface area contributed by atoms with Gasteiger partial charge < -0.3 is 10.4 Å². The third kappa shape index (κ3) is 4.66. The van der Waals surface area contributed by atoms with E-state index in [9.17, 15) is 9.90 Å². The van der Waals surface area contributed by atoms with Crippen molar-refractivity contribution in [2.24, 2.45) is 0 Å². The van der Waals surface area contributed by atoms with E-state index in [-0.39, 0.29) is 12.5 Å². The van der Waals surface area contributed by atoms with Crippen molar-refractivity contribution in [3.63, 3.8) is 0 Å². The van der Waals surface area contributed by atoms with Crippen molar-refractivity contribution in [2.45, 2.75) is 25.9 Å². The fraction of sp³-hybridized carbons (Fsp3) is 0.417. The van der Waals surface area contributed by atoms with Gasteiger partial charge in [-0.3, -0.25) is 4.79 Å². The van der Waals surface area contributed by atoms with E-state index in [0.29, 0.717) is 17.0 Å². The number of halogens is 2. The number of carbonyl (C=O) groups excluding carboxylic acids is 1. The van der Waals surface area contributed by atoms with Gasteiger partial charge in [-0.05, 0) is 24.6 Å². The second kappa shape index (κ2) is 6.99. The molecule has 0 fully saturated rings. The normalized spacial score (nSPS) is 12.2. The Morgan fingerprint density at radius 1 is 1.59 bits per heavy atom. The molecule has 1 aromatic carbocycles. The summed E-state index contributed by atoms with van der Waals surface area (Å²) in [6.07, 6.45) is 1.05. The number of hydrogen-bond donors (Lipinski definition) is 2. The number of hydrogen-bond acceptors (Lipinski definition) is 2. The zero-order valence-electron chi connectivity index (χ0n) is 9.54. The van der Waals surface area contributed by atoms with E-state index in [1.807, 2.05) is 6.92 Å². The van der Waals surface area contributed by atoms with E-state index in [1.54, 1.807) is 18.2 Å². The van der Waals surface area contributed by atoms with Crippen molar-refractivity contribution in [1.29, 1.82) is 0 Å². The molecule has 94 valence electrons. The first-order valence-corrected chi connectivity index (χ1v) is 6.63. The summed E-state index contributed by atoms with van der Waals surface area (Å²) in [5.41, 5.74) is 0.407. The molecule has 0 saturated heterocycles. The van der Waals surface area contributed by atoms with Crippen molar-refractivity contribution in [3.05, 3.63) is 33.3 Å². The van der Waals surface area contributed by atoms with Crippen LogP contribution in [0.4, 0.5) is 0 Å². The van der Waals surface area contributed by atoms with Gasteiger partial charge in [0.05, 0.1) is 16.7 Å². The molecular weight excluding hydrogens is 305 g/mol. The lowest BCUT2D eigenvalue weighted by atomic mass is 10.2. The average molecular weight is 321 g/mol. The van der Waals surface area contributed by atoms with E-state index < -0.39 is 6.10 Å². The summed E-state index contributed by atoms with van der Waals surface area (Å²) in [6.45, 7) is 2.23. The lowest BCUT2D eigenvalue weighted by molar-refractivity contribution is 0.0910. The van der Waals surface area contributed by atoms with E-state index in [1.165, 1.54) is 0 Å². The second-order valence-electron chi connectivity index (χ2n) is 3.78. The zero-order valence-corrected chi connectivity index (χ0v) is 11.9. The summed E-state index contributed by atoms with van der Waals surface area (Å²) in [4.78, 5) is 11.8. The first kappa shape index (κ1) is 14.5. The van der Waals surface area contributed by atoms with Gasteiger partial charge in [0.1, 0.15) is 0 Å². The topological polar surface area (TPSA) is 49.3 Å². The smallest absolute Gasteiger partial charge is 0.252 e. The third-order valence-electron chi connectivity index (χ3n) is 2.29. The molecule has 0 aliphatic rings. The van der Waals surface area contributed by atoms with Crippen molar-refractivity contribution < 1.29 is 9.90 Å². The van der Waals surface area contributed by atoms with Gasteiger partial charge in [-0.25, -0.2) is 0 Å². The maximum Gasteiger partial charge on any atom is 0.252 e. The first-order chi connectivity index (χ1) is 8.04. The van der Waals surface area contributed by atoms with Crippen LogP contribution in [0.15, 0.2) is 22.7 Å². The number of aliphatic hydroxyl groups excluding tert-OH is 1. The summed E-state index contributed by atoms with van der Waals surface area (Å²) < 4.78 is 0.793. The minimum atomic E-state index is -0.505. The third-order valence-corrected chi connectivity index (χ3v) is 3.12. The average Bonchev–Trinajstić information content (AvgIpc) is 2.29. The van der Waals surface area contributed by atoms with Gasteiger partial charge in [0.25, 0.3) is 5.91 Å². The van der Waals surface area contributed by atoms with Gasteiger partial charge in [-0.15, -0.1) is 0 Å². The second-order valence-corrected chi connectivity index (χ2v) is 5.10. The molecular formula is C12H15BrClNO2.